The van der Waals surface area contributed by atoms with Gasteiger partial charge in [-0.1, -0.05) is 42.5 Å². The van der Waals surface area contributed by atoms with E-state index in [1.165, 1.54) is 18.2 Å². The Morgan fingerprint density at radius 1 is 1.08 bits per heavy atom. The number of nitrogens with one attached hydrogen (secondary N) is 1. The second-order valence-corrected chi connectivity index (χ2v) is 7.53. The summed E-state index contributed by atoms with van der Waals surface area (Å²) in [4.78, 5) is 12.0. The van der Waals surface area contributed by atoms with Gasteiger partial charge in [0, 0.05) is 19.5 Å². The summed E-state index contributed by atoms with van der Waals surface area (Å²) in [6.45, 7) is 0.346. The van der Waals surface area contributed by atoms with E-state index in [0.29, 0.717) is 13.0 Å². The molecule has 0 aromatic heterocycles. The Labute approximate surface area is 147 Å². The lowest BCUT2D eigenvalue weighted by molar-refractivity contribution is -0.120. The summed E-state index contributed by atoms with van der Waals surface area (Å²) >= 11 is 0. The van der Waals surface area contributed by atoms with Gasteiger partial charge in [0.25, 0.3) is 0 Å². The molecule has 1 N–H and O–H groups in total. The van der Waals surface area contributed by atoms with E-state index in [2.05, 4.69) is 5.32 Å². The monoisotopic (exact) mass is 364 g/mol. The minimum Gasteiger partial charge on any atom is -0.356 e. The Kier molecular flexibility index (Phi) is 6.52. The molecule has 0 fully saturated rings. The fourth-order valence-corrected chi connectivity index (χ4v) is 3.33. The number of hydrogen-bond donors (Lipinski definition) is 1. The van der Waals surface area contributed by atoms with Crippen molar-refractivity contribution < 1.29 is 17.6 Å². The van der Waals surface area contributed by atoms with Gasteiger partial charge in [0.2, 0.25) is 15.9 Å². The van der Waals surface area contributed by atoms with Crippen LogP contribution >= 0.6 is 0 Å². The van der Waals surface area contributed by atoms with Crippen LogP contribution in [0.5, 0.6) is 0 Å². The third-order valence-electron chi connectivity index (χ3n) is 3.64. The summed E-state index contributed by atoms with van der Waals surface area (Å²) in [7, 11) is -3.69. The van der Waals surface area contributed by atoms with Gasteiger partial charge in [-0.15, -0.1) is 0 Å². The van der Waals surface area contributed by atoms with Crippen molar-refractivity contribution in [3.8, 4) is 0 Å². The number of sulfonamides is 1. The second-order valence-electron chi connectivity index (χ2n) is 5.62. The first kappa shape index (κ1) is 18.9. The molecule has 2 rings (SSSR count). The van der Waals surface area contributed by atoms with Crippen LogP contribution in [0.1, 0.15) is 12.0 Å². The Balaban J connectivity index is 1.90. The third kappa shape index (κ3) is 5.86. The number of rotatable bonds is 8. The molecule has 0 unspecified atom stereocenters. The maximum Gasteiger partial charge on any atom is 0.232 e. The van der Waals surface area contributed by atoms with Crippen molar-refractivity contribution in [1.82, 2.24) is 5.32 Å². The van der Waals surface area contributed by atoms with Crippen molar-refractivity contribution in [3.05, 3.63) is 66.0 Å². The first-order valence-corrected chi connectivity index (χ1v) is 9.75. The number of anilines is 1. The van der Waals surface area contributed by atoms with Crippen LogP contribution in [-0.4, -0.2) is 33.7 Å². The van der Waals surface area contributed by atoms with Crippen LogP contribution in [0.3, 0.4) is 0 Å². The summed E-state index contributed by atoms with van der Waals surface area (Å²) in [5.41, 5.74) is 1.05. The Morgan fingerprint density at radius 2 is 1.72 bits per heavy atom. The molecule has 0 atom stereocenters. The Bertz CT molecular complexity index is 810. The van der Waals surface area contributed by atoms with Crippen LogP contribution in [0, 0.1) is 5.82 Å². The topological polar surface area (TPSA) is 66.5 Å². The van der Waals surface area contributed by atoms with Crippen LogP contribution in [0.2, 0.25) is 0 Å². The lowest BCUT2D eigenvalue weighted by Crippen LogP contribution is -2.35. The molecular weight excluding hydrogens is 343 g/mol. The Hall–Kier alpha value is -2.41. The van der Waals surface area contributed by atoms with Gasteiger partial charge in [-0.2, -0.15) is 0 Å². The smallest absolute Gasteiger partial charge is 0.232 e. The number of halogens is 1. The van der Waals surface area contributed by atoms with E-state index >= 15 is 0 Å². The maximum absolute atomic E-state index is 13.9. The number of nitrogens with zero attached hydrogens (tertiary/aromatic N) is 1. The fraction of sp³-hybridized carbons (Fsp3) is 0.278. The molecule has 25 heavy (non-hydrogen) atoms. The molecule has 134 valence electrons. The molecule has 0 saturated carbocycles. The van der Waals surface area contributed by atoms with Crippen LogP contribution in [-0.2, 0) is 21.2 Å². The quantitative estimate of drug-likeness (QED) is 0.782. The molecular formula is C18H21FN2O3S. The predicted molar refractivity (Wildman–Crippen MR) is 96.4 cm³/mol. The van der Waals surface area contributed by atoms with E-state index in [1.54, 1.807) is 6.07 Å². The SMILES string of the molecule is CS(=O)(=O)N(CCC(=O)NCCc1ccccc1)c1ccccc1F. The van der Waals surface area contributed by atoms with E-state index < -0.39 is 15.8 Å². The summed E-state index contributed by atoms with van der Waals surface area (Å²) in [5, 5.41) is 2.75. The molecule has 0 aliphatic heterocycles. The average Bonchev–Trinajstić information content (AvgIpc) is 2.56. The van der Waals surface area contributed by atoms with Gasteiger partial charge in [0.15, 0.2) is 0 Å². The van der Waals surface area contributed by atoms with Crippen molar-refractivity contribution in [2.24, 2.45) is 0 Å². The van der Waals surface area contributed by atoms with E-state index in [1.807, 2.05) is 30.3 Å². The highest BCUT2D eigenvalue weighted by atomic mass is 32.2. The van der Waals surface area contributed by atoms with Crippen molar-refractivity contribution >= 4 is 21.6 Å². The van der Waals surface area contributed by atoms with E-state index in [0.717, 1.165) is 16.1 Å². The fourth-order valence-electron chi connectivity index (χ4n) is 2.40. The first-order valence-electron chi connectivity index (χ1n) is 7.91. The highest BCUT2D eigenvalue weighted by Crippen LogP contribution is 2.21. The van der Waals surface area contributed by atoms with Crippen molar-refractivity contribution in [2.45, 2.75) is 12.8 Å². The predicted octanol–water partition coefficient (Wildman–Crippen LogP) is 2.34. The van der Waals surface area contributed by atoms with Crippen LogP contribution in [0.15, 0.2) is 54.6 Å². The molecule has 0 radical (unpaired) electrons. The molecule has 0 spiro atoms. The zero-order valence-corrected chi connectivity index (χ0v) is 14.8. The zero-order valence-electron chi connectivity index (χ0n) is 14.0. The van der Waals surface area contributed by atoms with E-state index in [9.17, 15) is 17.6 Å². The largest absolute Gasteiger partial charge is 0.356 e. The van der Waals surface area contributed by atoms with Crippen molar-refractivity contribution in [3.63, 3.8) is 0 Å². The lowest BCUT2D eigenvalue weighted by atomic mass is 10.1. The number of benzene rings is 2. The first-order chi connectivity index (χ1) is 11.9. The van der Waals surface area contributed by atoms with Crippen molar-refractivity contribution in [1.29, 1.82) is 0 Å². The standard InChI is InChI=1S/C18H21FN2O3S/c1-25(23,24)21(17-10-6-5-9-16(17)19)14-12-18(22)20-13-11-15-7-3-2-4-8-15/h2-10H,11-14H2,1H3,(H,20,22). The molecule has 1 amide bonds. The normalized spacial score (nSPS) is 11.1. The molecule has 0 aliphatic rings. The van der Waals surface area contributed by atoms with E-state index in [4.69, 9.17) is 0 Å². The molecule has 2 aromatic carbocycles. The third-order valence-corrected chi connectivity index (χ3v) is 4.82. The summed E-state index contributed by atoms with van der Waals surface area (Å²) in [6.07, 6.45) is 1.64. The summed E-state index contributed by atoms with van der Waals surface area (Å²) in [6, 6.07) is 15.3. The number of hydrogen-bond acceptors (Lipinski definition) is 3. The number of amides is 1. The number of carbonyl (C=O) groups is 1. The van der Waals surface area contributed by atoms with Crippen LogP contribution < -0.4 is 9.62 Å². The van der Waals surface area contributed by atoms with Crippen molar-refractivity contribution in [2.75, 3.05) is 23.7 Å². The van der Waals surface area contributed by atoms with E-state index in [-0.39, 0.29) is 24.6 Å². The highest BCUT2D eigenvalue weighted by Gasteiger charge is 2.21. The molecule has 0 saturated heterocycles. The van der Waals surface area contributed by atoms with Gasteiger partial charge in [-0.25, -0.2) is 12.8 Å². The maximum atomic E-state index is 13.9. The van der Waals surface area contributed by atoms with Gasteiger partial charge in [-0.3, -0.25) is 9.10 Å². The Morgan fingerprint density at radius 3 is 2.36 bits per heavy atom. The average molecular weight is 364 g/mol. The minimum atomic E-state index is -3.69. The van der Waals surface area contributed by atoms with Gasteiger partial charge in [0.1, 0.15) is 5.82 Å². The highest BCUT2D eigenvalue weighted by molar-refractivity contribution is 7.92. The van der Waals surface area contributed by atoms with Crippen LogP contribution in [0.25, 0.3) is 0 Å². The summed E-state index contributed by atoms with van der Waals surface area (Å²) in [5.74, 6) is -0.918. The molecule has 0 heterocycles. The van der Waals surface area contributed by atoms with Gasteiger partial charge in [0.05, 0.1) is 11.9 Å². The number of para-hydroxylation sites is 1. The van der Waals surface area contributed by atoms with Gasteiger partial charge in [-0.05, 0) is 24.1 Å². The summed E-state index contributed by atoms with van der Waals surface area (Å²) < 4.78 is 38.6. The van der Waals surface area contributed by atoms with Crippen LogP contribution in [0.4, 0.5) is 10.1 Å². The molecule has 5 nitrogen and oxygen atoms in total. The molecule has 0 aliphatic carbocycles. The van der Waals surface area contributed by atoms with Gasteiger partial charge >= 0.3 is 0 Å². The zero-order chi connectivity index (χ0) is 18.3. The molecule has 0 bridgehead atoms. The molecule has 2 aromatic rings. The van der Waals surface area contributed by atoms with Gasteiger partial charge < -0.3 is 5.32 Å². The lowest BCUT2D eigenvalue weighted by Gasteiger charge is -2.22. The second kappa shape index (κ2) is 8.62. The number of carbonyl (C=O) groups excluding carboxylic acids is 1. The molecule has 7 heteroatoms. The minimum absolute atomic E-state index is 0.0454.